The van der Waals surface area contributed by atoms with E-state index in [1.165, 1.54) is 6.07 Å². The smallest absolute Gasteiger partial charge is 0.273 e. The molecule has 2 rings (SSSR count). The zero-order chi connectivity index (χ0) is 13.0. The normalized spacial score (nSPS) is 14.1. The molecule has 1 saturated heterocycles. The van der Waals surface area contributed by atoms with Crippen molar-refractivity contribution in [2.45, 2.75) is 6.42 Å². The minimum absolute atomic E-state index is 0. The van der Waals surface area contributed by atoms with E-state index in [1.54, 1.807) is 18.2 Å². The third kappa shape index (κ3) is 4.18. The van der Waals surface area contributed by atoms with Gasteiger partial charge in [0.15, 0.2) is 0 Å². The largest absolute Gasteiger partial charge is 0.355 e. The van der Waals surface area contributed by atoms with Crippen molar-refractivity contribution < 1.29 is 9.72 Å². The molecule has 0 saturated carbocycles. The van der Waals surface area contributed by atoms with Crippen molar-refractivity contribution in [3.63, 3.8) is 0 Å². The summed E-state index contributed by atoms with van der Waals surface area (Å²) in [5, 5.41) is 16.7. The molecule has 1 heterocycles. The Morgan fingerprint density at radius 3 is 2.68 bits per heavy atom. The van der Waals surface area contributed by atoms with Gasteiger partial charge < -0.3 is 10.6 Å². The van der Waals surface area contributed by atoms with E-state index in [1.807, 2.05) is 0 Å². The monoisotopic (exact) mass is 285 g/mol. The second-order valence-electron chi connectivity index (χ2n) is 4.39. The SMILES string of the molecule is Cl.O=C(Cc1ccccc1[N+](=O)[O-])NCC1CNC1. The maximum Gasteiger partial charge on any atom is 0.273 e. The number of halogens is 1. The summed E-state index contributed by atoms with van der Waals surface area (Å²) >= 11 is 0. The van der Waals surface area contributed by atoms with Crippen molar-refractivity contribution in [1.82, 2.24) is 10.6 Å². The first-order valence-electron chi connectivity index (χ1n) is 5.86. The molecule has 1 aromatic carbocycles. The molecule has 0 spiro atoms. The molecule has 0 atom stereocenters. The van der Waals surface area contributed by atoms with Gasteiger partial charge in [-0.2, -0.15) is 0 Å². The molecule has 1 aliphatic heterocycles. The lowest BCUT2D eigenvalue weighted by Crippen LogP contribution is -2.48. The van der Waals surface area contributed by atoms with Crippen molar-refractivity contribution in [3.05, 3.63) is 39.9 Å². The number of hydrogen-bond donors (Lipinski definition) is 2. The van der Waals surface area contributed by atoms with Gasteiger partial charge in [0.25, 0.3) is 5.69 Å². The maximum absolute atomic E-state index is 11.7. The van der Waals surface area contributed by atoms with Crippen LogP contribution < -0.4 is 10.6 Å². The first-order chi connectivity index (χ1) is 8.66. The summed E-state index contributed by atoms with van der Waals surface area (Å²) in [6.07, 6.45) is 0.0529. The van der Waals surface area contributed by atoms with Gasteiger partial charge in [0.1, 0.15) is 0 Å². The van der Waals surface area contributed by atoms with Crippen LogP contribution in [0.25, 0.3) is 0 Å². The van der Waals surface area contributed by atoms with Gasteiger partial charge in [0, 0.05) is 37.2 Å². The maximum atomic E-state index is 11.7. The highest BCUT2D eigenvalue weighted by molar-refractivity contribution is 5.85. The second kappa shape index (κ2) is 7.06. The molecular formula is C12H16ClN3O3. The first-order valence-corrected chi connectivity index (χ1v) is 5.86. The van der Waals surface area contributed by atoms with E-state index in [9.17, 15) is 14.9 Å². The minimum Gasteiger partial charge on any atom is -0.355 e. The Morgan fingerprint density at radius 1 is 1.42 bits per heavy atom. The lowest BCUT2D eigenvalue weighted by molar-refractivity contribution is -0.385. The summed E-state index contributed by atoms with van der Waals surface area (Å²) in [5.41, 5.74) is 0.449. The summed E-state index contributed by atoms with van der Waals surface area (Å²) in [7, 11) is 0. The van der Waals surface area contributed by atoms with Crippen molar-refractivity contribution in [2.24, 2.45) is 5.92 Å². The van der Waals surface area contributed by atoms with Crippen LogP contribution in [0.5, 0.6) is 0 Å². The Bertz CT molecular complexity index is 463. The van der Waals surface area contributed by atoms with Crippen LogP contribution in [0.4, 0.5) is 5.69 Å². The fourth-order valence-corrected chi connectivity index (χ4v) is 1.82. The van der Waals surface area contributed by atoms with E-state index in [4.69, 9.17) is 0 Å². The van der Waals surface area contributed by atoms with Crippen LogP contribution in [0.1, 0.15) is 5.56 Å². The van der Waals surface area contributed by atoms with Crippen LogP contribution in [0, 0.1) is 16.0 Å². The van der Waals surface area contributed by atoms with Crippen LogP contribution in [0.2, 0.25) is 0 Å². The minimum atomic E-state index is -0.460. The van der Waals surface area contributed by atoms with Gasteiger partial charge >= 0.3 is 0 Å². The molecule has 6 nitrogen and oxygen atoms in total. The number of nitrogens with one attached hydrogen (secondary N) is 2. The van der Waals surface area contributed by atoms with Crippen LogP contribution in [-0.4, -0.2) is 30.5 Å². The van der Waals surface area contributed by atoms with E-state index in [0.717, 1.165) is 13.1 Å². The number of benzene rings is 1. The second-order valence-corrected chi connectivity index (χ2v) is 4.39. The van der Waals surface area contributed by atoms with E-state index in [-0.39, 0.29) is 30.4 Å². The van der Waals surface area contributed by atoms with Crippen LogP contribution >= 0.6 is 12.4 Å². The number of nitro groups is 1. The Morgan fingerprint density at radius 2 is 2.11 bits per heavy atom. The Balaban J connectivity index is 0.00000180. The molecule has 0 bridgehead atoms. The molecule has 19 heavy (non-hydrogen) atoms. The molecule has 1 aliphatic rings. The average Bonchev–Trinajstić information content (AvgIpc) is 2.27. The average molecular weight is 286 g/mol. The number of carbonyl (C=O) groups is 1. The number of nitrogens with zero attached hydrogens (tertiary/aromatic N) is 1. The molecule has 1 amide bonds. The molecule has 0 unspecified atom stereocenters. The summed E-state index contributed by atoms with van der Waals surface area (Å²) in [6, 6.07) is 6.33. The highest BCUT2D eigenvalue weighted by Crippen LogP contribution is 2.17. The number of amides is 1. The number of hydrogen-bond acceptors (Lipinski definition) is 4. The molecule has 1 aromatic rings. The number of nitro benzene ring substituents is 1. The molecule has 104 valence electrons. The van der Waals surface area contributed by atoms with E-state index >= 15 is 0 Å². The molecule has 0 radical (unpaired) electrons. The van der Waals surface area contributed by atoms with Gasteiger partial charge in [0.2, 0.25) is 5.91 Å². The zero-order valence-electron chi connectivity index (χ0n) is 10.3. The Hall–Kier alpha value is -1.66. The summed E-state index contributed by atoms with van der Waals surface area (Å²) < 4.78 is 0. The third-order valence-electron chi connectivity index (χ3n) is 2.99. The fourth-order valence-electron chi connectivity index (χ4n) is 1.82. The molecule has 7 heteroatoms. The molecular weight excluding hydrogens is 270 g/mol. The Labute approximate surface area is 117 Å². The van der Waals surface area contributed by atoms with Crippen LogP contribution in [-0.2, 0) is 11.2 Å². The lowest BCUT2D eigenvalue weighted by atomic mass is 10.0. The van der Waals surface area contributed by atoms with Gasteiger partial charge in [-0.25, -0.2) is 0 Å². The van der Waals surface area contributed by atoms with Crippen LogP contribution in [0.3, 0.4) is 0 Å². The van der Waals surface area contributed by atoms with Crippen molar-refractivity contribution in [3.8, 4) is 0 Å². The van der Waals surface area contributed by atoms with Gasteiger partial charge in [-0.3, -0.25) is 14.9 Å². The molecule has 0 aliphatic carbocycles. The predicted octanol–water partition coefficient (Wildman–Crippen LogP) is 0.895. The van der Waals surface area contributed by atoms with E-state index in [0.29, 0.717) is 18.0 Å². The zero-order valence-corrected chi connectivity index (χ0v) is 11.1. The van der Waals surface area contributed by atoms with E-state index < -0.39 is 4.92 Å². The number of rotatable bonds is 5. The number of para-hydroxylation sites is 1. The van der Waals surface area contributed by atoms with Gasteiger partial charge in [-0.05, 0) is 0 Å². The third-order valence-corrected chi connectivity index (χ3v) is 2.99. The molecule has 2 N–H and O–H groups in total. The molecule has 0 aromatic heterocycles. The summed E-state index contributed by atoms with van der Waals surface area (Å²) in [6.45, 7) is 2.48. The summed E-state index contributed by atoms with van der Waals surface area (Å²) in [4.78, 5) is 22.0. The topological polar surface area (TPSA) is 84.3 Å². The van der Waals surface area contributed by atoms with E-state index in [2.05, 4.69) is 10.6 Å². The van der Waals surface area contributed by atoms with Crippen molar-refractivity contribution in [1.29, 1.82) is 0 Å². The van der Waals surface area contributed by atoms with Crippen molar-refractivity contribution in [2.75, 3.05) is 19.6 Å². The van der Waals surface area contributed by atoms with Gasteiger partial charge in [0.05, 0.1) is 11.3 Å². The first kappa shape index (κ1) is 15.4. The summed E-state index contributed by atoms with van der Waals surface area (Å²) in [5.74, 6) is 0.316. The fraction of sp³-hybridized carbons (Fsp3) is 0.417. The highest BCUT2D eigenvalue weighted by Gasteiger charge is 2.19. The molecule has 1 fully saturated rings. The van der Waals surface area contributed by atoms with Crippen LogP contribution in [0.15, 0.2) is 24.3 Å². The standard InChI is InChI=1S/C12H15N3O3.ClH/c16-12(14-8-9-6-13-7-9)5-10-3-1-2-4-11(10)15(17)18;/h1-4,9,13H,5-8H2,(H,14,16);1H. The highest BCUT2D eigenvalue weighted by atomic mass is 35.5. The van der Waals surface area contributed by atoms with Gasteiger partial charge in [-0.15, -0.1) is 12.4 Å². The van der Waals surface area contributed by atoms with Gasteiger partial charge in [-0.1, -0.05) is 18.2 Å². The number of carbonyl (C=O) groups excluding carboxylic acids is 1. The predicted molar refractivity (Wildman–Crippen MR) is 73.4 cm³/mol. The van der Waals surface area contributed by atoms with Crippen molar-refractivity contribution >= 4 is 24.0 Å². The lowest BCUT2D eigenvalue weighted by Gasteiger charge is -2.27. The quantitative estimate of drug-likeness (QED) is 0.622. The Kier molecular flexibility index (Phi) is 5.72.